The predicted octanol–water partition coefficient (Wildman–Crippen LogP) is 2.97. The minimum atomic E-state index is -0.411. The summed E-state index contributed by atoms with van der Waals surface area (Å²) >= 11 is 0. The third-order valence-electron chi connectivity index (χ3n) is 5.69. The van der Waals surface area contributed by atoms with Crippen LogP contribution in [0.2, 0.25) is 0 Å². The number of nitrogens with zero attached hydrogens (tertiary/aromatic N) is 2. The van der Waals surface area contributed by atoms with Crippen LogP contribution in [0, 0.1) is 36.9 Å². The molecule has 2 N–H and O–H groups in total. The smallest absolute Gasteiger partial charge is 0.310 e. The molecule has 1 fully saturated rings. The summed E-state index contributed by atoms with van der Waals surface area (Å²) in [5.74, 6) is -0.995. The van der Waals surface area contributed by atoms with Crippen molar-refractivity contribution >= 4 is 17.7 Å². The van der Waals surface area contributed by atoms with Crippen LogP contribution in [0.1, 0.15) is 36.1 Å². The van der Waals surface area contributed by atoms with Gasteiger partial charge < -0.3 is 15.4 Å². The Morgan fingerprint density at radius 2 is 2.10 bits per heavy atom. The van der Waals surface area contributed by atoms with Crippen LogP contribution in [0.3, 0.4) is 0 Å². The van der Waals surface area contributed by atoms with E-state index in [0.29, 0.717) is 22.6 Å². The molecule has 158 valence electrons. The highest BCUT2D eigenvalue weighted by atomic mass is 19.1. The van der Waals surface area contributed by atoms with Gasteiger partial charge in [0.05, 0.1) is 30.8 Å². The van der Waals surface area contributed by atoms with Gasteiger partial charge in [-0.1, -0.05) is 12.5 Å². The van der Waals surface area contributed by atoms with E-state index < -0.39 is 5.82 Å². The number of esters is 1. The standard InChI is InChI=1S/C22H25FN4O3/c1-13-14(2)27(16-7-4-6-15(23)10-16)21(18(13)11-24)26-20(28)12-25-19-9-5-8-17(19)22(29)30-3/h4,6-7,10,17,19,25H,5,8-9,12H2,1-3H3,(H,26,28)/t17-,19+/m0/s1. The van der Waals surface area contributed by atoms with Gasteiger partial charge in [-0.25, -0.2) is 4.39 Å². The van der Waals surface area contributed by atoms with Crippen molar-refractivity contribution in [3.8, 4) is 11.8 Å². The topological polar surface area (TPSA) is 96.2 Å². The number of hydrogen-bond acceptors (Lipinski definition) is 5. The number of carbonyl (C=O) groups excluding carboxylic acids is 2. The second kappa shape index (κ2) is 9.09. The zero-order valence-corrected chi connectivity index (χ0v) is 17.3. The molecule has 30 heavy (non-hydrogen) atoms. The van der Waals surface area contributed by atoms with Gasteiger partial charge >= 0.3 is 5.97 Å². The third kappa shape index (κ3) is 4.21. The normalized spacial score (nSPS) is 18.1. The fraction of sp³-hybridized carbons (Fsp3) is 0.409. The highest BCUT2D eigenvalue weighted by molar-refractivity contribution is 5.93. The van der Waals surface area contributed by atoms with Gasteiger partial charge in [0.15, 0.2) is 0 Å². The Morgan fingerprint density at radius 1 is 1.33 bits per heavy atom. The summed E-state index contributed by atoms with van der Waals surface area (Å²) in [6, 6.07) is 7.97. The Labute approximate surface area is 174 Å². The van der Waals surface area contributed by atoms with Crippen LogP contribution >= 0.6 is 0 Å². The highest BCUT2D eigenvalue weighted by Gasteiger charge is 2.33. The van der Waals surface area contributed by atoms with Crippen molar-refractivity contribution in [3.63, 3.8) is 0 Å². The molecule has 8 heteroatoms. The van der Waals surface area contributed by atoms with Crippen molar-refractivity contribution in [2.24, 2.45) is 5.92 Å². The molecule has 1 aromatic carbocycles. The number of nitriles is 1. The Hall–Kier alpha value is -3.18. The number of methoxy groups -OCH3 is 1. The Balaban J connectivity index is 1.81. The molecule has 0 saturated heterocycles. The number of amides is 1. The SMILES string of the molecule is COC(=O)[C@H]1CCC[C@H]1NCC(=O)Nc1c(C#N)c(C)c(C)n1-c1cccc(F)c1. The van der Waals surface area contributed by atoms with Crippen LogP contribution in [0.4, 0.5) is 10.2 Å². The van der Waals surface area contributed by atoms with Crippen molar-refractivity contribution in [1.82, 2.24) is 9.88 Å². The van der Waals surface area contributed by atoms with Crippen molar-refractivity contribution < 1.29 is 18.7 Å². The van der Waals surface area contributed by atoms with Gasteiger partial charge in [0, 0.05) is 11.7 Å². The fourth-order valence-electron chi connectivity index (χ4n) is 4.04. The van der Waals surface area contributed by atoms with Crippen LogP contribution < -0.4 is 10.6 Å². The predicted molar refractivity (Wildman–Crippen MR) is 110 cm³/mol. The van der Waals surface area contributed by atoms with Crippen molar-refractivity contribution in [2.75, 3.05) is 19.0 Å². The molecule has 0 radical (unpaired) electrons. The van der Waals surface area contributed by atoms with Crippen molar-refractivity contribution in [3.05, 3.63) is 46.9 Å². The van der Waals surface area contributed by atoms with E-state index in [4.69, 9.17) is 4.74 Å². The molecule has 2 atom stereocenters. The Kier molecular flexibility index (Phi) is 6.53. The van der Waals surface area contributed by atoms with Gasteiger partial charge in [0.2, 0.25) is 5.91 Å². The summed E-state index contributed by atoms with van der Waals surface area (Å²) < 4.78 is 20.3. The lowest BCUT2D eigenvalue weighted by Crippen LogP contribution is -2.41. The number of carbonyl (C=O) groups is 2. The second-order valence-corrected chi connectivity index (χ2v) is 7.46. The molecule has 1 saturated carbocycles. The Morgan fingerprint density at radius 3 is 2.77 bits per heavy atom. The van der Waals surface area contributed by atoms with Gasteiger partial charge in [0.1, 0.15) is 17.7 Å². The van der Waals surface area contributed by atoms with E-state index in [9.17, 15) is 19.2 Å². The van der Waals surface area contributed by atoms with E-state index in [0.717, 1.165) is 25.0 Å². The summed E-state index contributed by atoms with van der Waals surface area (Å²) in [5.41, 5.74) is 2.30. The Bertz CT molecular complexity index is 1010. The lowest BCUT2D eigenvalue weighted by molar-refractivity contribution is -0.146. The number of rotatable bonds is 6. The number of nitrogens with one attached hydrogen (secondary N) is 2. The van der Waals surface area contributed by atoms with Crippen LogP contribution in [0.15, 0.2) is 24.3 Å². The number of hydrogen-bond donors (Lipinski definition) is 2. The molecule has 1 heterocycles. The van der Waals surface area contributed by atoms with Crippen molar-refractivity contribution in [2.45, 2.75) is 39.2 Å². The first-order valence-corrected chi connectivity index (χ1v) is 9.86. The fourth-order valence-corrected chi connectivity index (χ4v) is 4.04. The minimum absolute atomic E-state index is 0.0184. The van der Waals surface area contributed by atoms with E-state index in [1.54, 1.807) is 23.6 Å². The summed E-state index contributed by atoms with van der Waals surface area (Å²) in [6.45, 7) is 3.58. The lowest BCUT2D eigenvalue weighted by atomic mass is 10.0. The molecule has 0 spiro atoms. The van der Waals surface area contributed by atoms with Gasteiger partial charge in [-0.2, -0.15) is 5.26 Å². The van der Waals surface area contributed by atoms with Crippen LogP contribution in [0.5, 0.6) is 0 Å². The van der Waals surface area contributed by atoms with Gasteiger partial charge in [-0.05, 0) is 50.5 Å². The third-order valence-corrected chi connectivity index (χ3v) is 5.69. The van der Waals surface area contributed by atoms with E-state index >= 15 is 0 Å². The van der Waals surface area contributed by atoms with E-state index in [1.165, 1.54) is 19.2 Å². The largest absolute Gasteiger partial charge is 0.469 e. The van der Waals surface area contributed by atoms with E-state index in [-0.39, 0.29) is 30.4 Å². The second-order valence-electron chi connectivity index (χ2n) is 7.46. The van der Waals surface area contributed by atoms with E-state index in [1.807, 2.05) is 6.92 Å². The molecule has 1 aromatic heterocycles. The number of ether oxygens (including phenoxy) is 1. The van der Waals surface area contributed by atoms with Gasteiger partial charge in [-0.3, -0.25) is 14.2 Å². The number of halogens is 1. The maximum atomic E-state index is 13.8. The molecule has 0 unspecified atom stereocenters. The highest BCUT2D eigenvalue weighted by Crippen LogP contribution is 2.30. The average Bonchev–Trinajstić information content (AvgIpc) is 3.29. The first-order chi connectivity index (χ1) is 14.4. The zero-order valence-electron chi connectivity index (χ0n) is 17.3. The number of anilines is 1. The molecule has 3 rings (SSSR count). The summed E-state index contributed by atoms with van der Waals surface area (Å²) in [5, 5.41) is 15.5. The van der Waals surface area contributed by atoms with E-state index in [2.05, 4.69) is 16.7 Å². The maximum Gasteiger partial charge on any atom is 0.310 e. The average molecular weight is 412 g/mol. The minimum Gasteiger partial charge on any atom is -0.469 e. The van der Waals surface area contributed by atoms with Gasteiger partial charge in [-0.15, -0.1) is 0 Å². The van der Waals surface area contributed by atoms with Crippen LogP contribution in [-0.2, 0) is 14.3 Å². The molecular formula is C22H25FN4O3. The molecule has 0 bridgehead atoms. The lowest BCUT2D eigenvalue weighted by Gasteiger charge is -2.19. The molecule has 2 aromatic rings. The summed E-state index contributed by atoms with van der Waals surface area (Å²) in [4.78, 5) is 24.5. The first-order valence-electron chi connectivity index (χ1n) is 9.86. The zero-order chi connectivity index (χ0) is 21.8. The van der Waals surface area contributed by atoms with Crippen LogP contribution in [-0.4, -0.2) is 36.1 Å². The molecule has 1 amide bonds. The number of aromatic nitrogens is 1. The van der Waals surface area contributed by atoms with Crippen LogP contribution in [0.25, 0.3) is 5.69 Å². The molecular weight excluding hydrogens is 387 g/mol. The monoisotopic (exact) mass is 412 g/mol. The quantitative estimate of drug-likeness (QED) is 0.711. The first kappa shape index (κ1) is 21.5. The molecule has 0 aliphatic heterocycles. The molecule has 1 aliphatic carbocycles. The molecule has 7 nitrogen and oxygen atoms in total. The molecule has 1 aliphatic rings. The number of benzene rings is 1. The summed E-state index contributed by atoms with van der Waals surface area (Å²) in [6.07, 6.45) is 2.40. The van der Waals surface area contributed by atoms with Crippen molar-refractivity contribution in [1.29, 1.82) is 5.26 Å². The van der Waals surface area contributed by atoms with Gasteiger partial charge in [0.25, 0.3) is 0 Å². The summed E-state index contributed by atoms with van der Waals surface area (Å²) in [7, 11) is 1.36. The maximum absolute atomic E-state index is 13.8.